The van der Waals surface area contributed by atoms with Crippen molar-refractivity contribution in [2.45, 2.75) is 38.7 Å². The Morgan fingerprint density at radius 1 is 1.25 bits per heavy atom. The number of aliphatic hydroxyl groups excluding tert-OH is 1. The molecule has 9 heteroatoms. The summed E-state index contributed by atoms with van der Waals surface area (Å²) in [6.07, 6.45) is 13.0. The summed E-state index contributed by atoms with van der Waals surface area (Å²) in [5.41, 5.74) is 6.84. The number of methoxy groups -OCH3 is 1. The van der Waals surface area contributed by atoms with Crippen molar-refractivity contribution < 1.29 is 14.6 Å². The third-order valence-corrected chi connectivity index (χ3v) is 9.14. The quantitative estimate of drug-likeness (QED) is 0.386. The van der Waals surface area contributed by atoms with Crippen molar-refractivity contribution in [1.82, 2.24) is 19.6 Å². The van der Waals surface area contributed by atoms with Gasteiger partial charge in [-0.3, -0.25) is 9.78 Å². The minimum atomic E-state index is -0.692. The zero-order valence-electron chi connectivity index (χ0n) is 20.5. The van der Waals surface area contributed by atoms with Gasteiger partial charge >= 0.3 is 0 Å². The molecule has 0 saturated heterocycles. The Kier molecular flexibility index (Phi) is 7.37. The van der Waals surface area contributed by atoms with Gasteiger partial charge in [-0.05, 0) is 67.7 Å². The lowest BCUT2D eigenvalue weighted by atomic mass is 9.98. The van der Waals surface area contributed by atoms with Crippen LogP contribution in [0.3, 0.4) is 0 Å². The van der Waals surface area contributed by atoms with Crippen molar-refractivity contribution in [3.8, 4) is 16.9 Å². The average Bonchev–Trinajstić information content (AvgIpc) is 2.88. The van der Waals surface area contributed by atoms with Crippen molar-refractivity contribution in [3.63, 3.8) is 0 Å². The molecule has 190 valence electrons. The van der Waals surface area contributed by atoms with Crippen LogP contribution in [-0.4, -0.2) is 57.1 Å². The number of halogens is 1. The van der Waals surface area contributed by atoms with E-state index in [1.165, 1.54) is 16.8 Å². The number of aryl methyl sites for hydroxylation is 1. The van der Waals surface area contributed by atoms with Gasteiger partial charge in [-0.1, -0.05) is 17.7 Å². The number of rotatable bonds is 5. The Balaban J connectivity index is 1.31. The molecule has 2 aromatic heterocycles. The highest BCUT2D eigenvalue weighted by Gasteiger charge is 2.26. The fraction of sp³-hybridized carbons (Fsp3) is 0.370. The standard InChI is InChI=1S/C27H31ClN4O3S/c1-17-11-22(23-12-26(28)30-14-25(23)35-2)24(13-29-17)27(34)31-36-10-8-18-15-32(9-7-19(18)16-36)20-3-5-21(33)6-4-20/h3,7,9,11-14,21,33,36H,4-6,8,10,15-16H2,1-2H3,(H,31,34)/t21-/m1/s1. The molecule has 2 atom stereocenters. The van der Waals surface area contributed by atoms with Gasteiger partial charge in [-0.25, -0.2) is 4.98 Å². The molecule has 2 aliphatic heterocycles. The molecule has 1 unspecified atom stereocenters. The lowest BCUT2D eigenvalue weighted by molar-refractivity contribution is 0.0984. The fourth-order valence-corrected chi connectivity index (χ4v) is 7.13. The second-order valence-corrected chi connectivity index (χ2v) is 11.8. The van der Waals surface area contributed by atoms with Gasteiger partial charge in [0.15, 0.2) is 0 Å². The van der Waals surface area contributed by atoms with Crippen molar-refractivity contribution in [3.05, 3.63) is 76.1 Å². The van der Waals surface area contributed by atoms with Crippen LogP contribution in [0, 0.1) is 6.92 Å². The lowest BCUT2D eigenvalue weighted by Crippen LogP contribution is -2.31. The highest BCUT2D eigenvalue weighted by atomic mass is 35.5. The summed E-state index contributed by atoms with van der Waals surface area (Å²) in [6.45, 7) is 2.80. The van der Waals surface area contributed by atoms with Crippen molar-refractivity contribution in [1.29, 1.82) is 0 Å². The summed E-state index contributed by atoms with van der Waals surface area (Å²) in [6, 6.07) is 3.60. The topological polar surface area (TPSA) is 87.6 Å². The van der Waals surface area contributed by atoms with Crippen LogP contribution in [0.25, 0.3) is 11.1 Å². The van der Waals surface area contributed by atoms with Gasteiger partial charge in [-0.2, -0.15) is 11.1 Å². The summed E-state index contributed by atoms with van der Waals surface area (Å²) in [7, 11) is 1.58. The molecule has 7 nitrogen and oxygen atoms in total. The number of ether oxygens (including phenoxy) is 1. The minimum absolute atomic E-state index is 0.130. The van der Waals surface area contributed by atoms with Gasteiger partial charge in [0, 0.05) is 47.2 Å². The molecule has 1 aliphatic carbocycles. The maximum absolute atomic E-state index is 13.5. The highest BCUT2D eigenvalue weighted by molar-refractivity contribution is 8.16. The van der Waals surface area contributed by atoms with E-state index >= 15 is 0 Å². The van der Waals surface area contributed by atoms with Crippen molar-refractivity contribution in [2.24, 2.45) is 0 Å². The maximum atomic E-state index is 13.5. The third kappa shape index (κ3) is 5.31. The molecular weight excluding hydrogens is 496 g/mol. The molecule has 0 spiro atoms. The molecular formula is C27H31ClN4O3S. The van der Waals surface area contributed by atoms with E-state index < -0.39 is 11.1 Å². The number of nitrogens with zero attached hydrogens (tertiary/aromatic N) is 3. The number of allylic oxidation sites excluding steroid dienone is 2. The van der Waals surface area contributed by atoms with Crippen molar-refractivity contribution >= 4 is 28.6 Å². The first-order valence-electron chi connectivity index (χ1n) is 12.2. The number of carbonyl (C=O) groups excluding carboxylic acids is 1. The van der Waals surface area contributed by atoms with E-state index in [2.05, 4.69) is 37.9 Å². The maximum Gasteiger partial charge on any atom is 0.261 e. The molecule has 0 aromatic carbocycles. The zero-order chi connectivity index (χ0) is 25.2. The highest BCUT2D eigenvalue weighted by Crippen LogP contribution is 2.39. The number of aromatic nitrogens is 2. The summed E-state index contributed by atoms with van der Waals surface area (Å²) in [4.78, 5) is 24.3. The molecule has 4 heterocycles. The van der Waals surface area contributed by atoms with Crippen LogP contribution in [0.5, 0.6) is 5.75 Å². The number of thiol groups is 1. The SMILES string of the molecule is COc1cnc(Cl)cc1-c1cc(C)ncc1C(=O)N[SH]1CCC2=C(C=CN(C3=CC[C@@H](O)CC3)C2)C1. The first-order chi connectivity index (χ1) is 17.4. The molecule has 0 saturated carbocycles. The zero-order valence-corrected chi connectivity index (χ0v) is 22.1. The molecule has 2 aromatic rings. The van der Waals surface area contributed by atoms with Crippen LogP contribution in [0.4, 0.5) is 0 Å². The monoisotopic (exact) mass is 526 g/mol. The fourth-order valence-electron chi connectivity index (χ4n) is 4.93. The number of carbonyl (C=O) groups is 1. The third-order valence-electron chi connectivity index (χ3n) is 6.93. The number of amides is 1. The Bertz CT molecular complexity index is 1280. The summed E-state index contributed by atoms with van der Waals surface area (Å²) in [5.74, 6) is 2.25. The number of pyridine rings is 2. The Morgan fingerprint density at radius 3 is 2.89 bits per heavy atom. The molecule has 0 bridgehead atoms. The van der Waals surface area contributed by atoms with E-state index in [1.54, 1.807) is 25.6 Å². The predicted molar refractivity (Wildman–Crippen MR) is 145 cm³/mol. The predicted octanol–water partition coefficient (Wildman–Crippen LogP) is 4.72. The molecule has 2 N–H and O–H groups in total. The van der Waals surface area contributed by atoms with Crippen LogP contribution < -0.4 is 9.46 Å². The van der Waals surface area contributed by atoms with Crippen LogP contribution in [-0.2, 0) is 0 Å². The van der Waals surface area contributed by atoms with Gasteiger partial charge in [0.05, 0.1) is 25.0 Å². The van der Waals surface area contributed by atoms with Crippen LogP contribution in [0.2, 0.25) is 5.15 Å². The summed E-state index contributed by atoms with van der Waals surface area (Å²) < 4.78 is 8.80. The van der Waals surface area contributed by atoms with Crippen LogP contribution in [0.15, 0.2) is 59.7 Å². The second-order valence-electron chi connectivity index (χ2n) is 9.39. The number of hydrogen-bond acceptors (Lipinski definition) is 6. The van der Waals surface area contributed by atoms with E-state index in [0.29, 0.717) is 16.5 Å². The summed E-state index contributed by atoms with van der Waals surface area (Å²) >= 11 is 5.48. The molecule has 1 amide bonds. The average molecular weight is 527 g/mol. The van der Waals surface area contributed by atoms with Gasteiger partial charge in [0.25, 0.3) is 5.91 Å². The molecule has 0 radical (unpaired) electrons. The van der Waals surface area contributed by atoms with Gasteiger partial charge in [0.2, 0.25) is 0 Å². The first kappa shape index (κ1) is 24.9. The number of aliphatic hydroxyl groups is 1. The molecule has 5 rings (SSSR count). The van der Waals surface area contributed by atoms with E-state index in [-0.39, 0.29) is 12.0 Å². The molecule has 36 heavy (non-hydrogen) atoms. The Labute approximate surface area is 219 Å². The molecule has 3 aliphatic rings. The first-order valence-corrected chi connectivity index (χ1v) is 14.3. The van der Waals surface area contributed by atoms with Crippen LogP contribution >= 0.6 is 22.7 Å². The van der Waals surface area contributed by atoms with Gasteiger partial charge < -0.3 is 19.5 Å². The lowest BCUT2D eigenvalue weighted by Gasteiger charge is -2.37. The van der Waals surface area contributed by atoms with E-state index in [0.717, 1.165) is 60.6 Å². The van der Waals surface area contributed by atoms with E-state index in [9.17, 15) is 9.90 Å². The largest absolute Gasteiger partial charge is 0.494 e. The normalized spacial score (nSPS) is 22.7. The van der Waals surface area contributed by atoms with E-state index in [1.807, 2.05) is 13.0 Å². The summed E-state index contributed by atoms with van der Waals surface area (Å²) in [5, 5.41) is 10.1. The number of hydrogen-bond donors (Lipinski definition) is 3. The van der Waals surface area contributed by atoms with Gasteiger partial charge in [0.1, 0.15) is 10.9 Å². The molecule has 0 fully saturated rings. The smallest absolute Gasteiger partial charge is 0.261 e. The number of nitrogens with one attached hydrogen (secondary N) is 1. The second kappa shape index (κ2) is 10.7. The Hall–Kier alpha value is -2.81. The minimum Gasteiger partial charge on any atom is -0.494 e. The van der Waals surface area contributed by atoms with E-state index in [4.69, 9.17) is 16.3 Å². The Morgan fingerprint density at radius 2 is 2.11 bits per heavy atom. The van der Waals surface area contributed by atoms with Gasteiger partial charge in [-0.15, -0.1) is 0 Å². The van der Waals surface area contributed by atoms with Crippen LogP contribution in [0.1, 0.15) is 41.7 Å². The van der Waals surface area contributed by atoms with Crippen molar-refractivity contribution in [2.75, 3.05) is 25.2 Å².